The summed E-state index contributed by atoms with van der Waals surface area (Å²) in [6.45, 7) is 2.64. The van der Waals surface area contributed by atoms with Gasteiger partial charge in [-0.05, 0) is 67.7 Å². The van der Waals surface area contributed by atoms with Gasteiger partial charge in [-0.2, -0.15) is 31.5 Å². The van der Waals surface area contributed by atoms with Crippen LogP contribution in [-0.2, 0) is 21.8 Å². The van der Waals surface area contributed by atoms with Crippen molar-refractivity contribution in [2.45, 2.75) is 43.3 Å². The quantitative estimate of drug-likeness (QED) is 0.358. The van der Waals surface area contributed by atoms with Gasteiger partial charge in [-0.15, -0.1) is 5.10 Å². The van der Waals surface area contributed by atoms with Crippen LogP contribution in [0, 0.1) is 5.82 Å². The van der Waals surface area contributed by atoms with E-state index in [2.05, 4.69) is 15.4 Å². The predicted octanol–water partition coefficient (Wildman–Crippen LogP) is 6.09. The summed E-state index contributed by atoms with van der Waals surface area (Å²) in [7, 11) is 3.72. The molecule has 0 amide bonds. The summed E-state index contributed by atoms with van der Waals surface area (Å²) >= 11 is 0. The highest BCUT2D eigenvalue weighted by molar-refractivity contribution is 5.72. The van der Waals surface area contributed by atoms with Crippen LogP contribution in [0.2, 0.25) is 0 Å². The first-order valence-electron chi connectivity index (χ1n) is 12.3. The number of alkyl halides is 6. The van der Waals surface area contributed by atoms with Gasteiger partial charge in [-0.1, -0.05) is 12.1 Å². The molecule has 0 saturated carbocycles. The van der Waals surface area contributed by atoms with E-state index < -0.39 is 53.3 Å². The number of benzene rings is 2. The number of halogens is 7. The number of likely N-dealkylation sites (N-methyl/N-ethyl adjacent to an activating group) is 1. The van der Waals surface area contributed by atoms with Crippen LogP contribution in [-0.4, -0.2) is 68.2 Å². The minimum atomic E-state index is -5.00. The summed E-state index contributed by atoms with van der Waals surface area (Å²) < 4.78 is 106. The standard InChI is InChI=1S/C26H28F7N5O2/c1-16(18-10-19(25(28,29)30)12-20(11-18)26(31,32)33)40-23-22(17-4-6-21(27)7-5-17)38(8-9-39-23)15-24(14-37(2)3)13-34-36-35-24/h4-7,10-13,16,22-23H,8-9,14-15H2,1-3H3/t16-,22?,23?,24?/m1/s1. The number of rotatable bonds is 8. The highest BCUT2D eigenvalue weighted by Crippen LogP contribution is 2.40. The third-order valence-corrected chi connectivity index (χ3v) is 6.60. The topological polar surface area (TPSA) is 62.0 Å². The van der Waals surface area contributed by atoms with E-state index in [9.17, 15) is 30.7 Å². The average Bonchev–Trinajstić information content (AvgIpc) is 3.30. The van der Waals surface area contributed by atoms with E-state index in [1.54, 1.807) is 6.21 Å². The minimum Gasteiger partial charge on any atom is -0.349 e. The Bertz CT molecular complexity index is 1190. The summed E-state index contributed by atoms with van der Waals surface area (Å²) in [6.07, 6.45) is -10.7. The summed E-state index contributed by atoms with van der Waals surface area (Å²) in [5.74, 6) is -0.484. The summed E-state index contributed by atoms with van der Waals surface area (Å²) in [5.41, 5.74) is -3.44. The Kier molecular flexibility index (Phi) is 8.64. The fourth-order valence-electron chi connectivity index (χ4n) is 4.87. The molecule has 2 aliphatic rings. The van der Waals surface area contributed by atoms with Gasteiger partial charge in [-0.3, -0.25) is 4.90 Å². The number of nitrogens with zero attached hydrogens (tertiary/aromatic N) is 5. The van der Waals surface area contributed by atoms with Gasteiger partial charge in [0.25, 0.3) is 0 Å². The zero-order valence-corrected chi connectivity index (χ0v) is 21.9. The second kappa shape index (κ2) is 11.5. The fourth-order valence-corrected chi connectivity index (χ4v) is 4.87. The first-order valence-corrected chi connectivity index (χ1v) is 12.3. The first kappa shape index (κ1) is 30.0. The zero-order chi connectivity index (χ0) is 29.3. The molecule has 4 rings (SSSR count). The molecule has 2 aromatic carbocycles. The SMILES string of the molecule is C[C@@H](OC1OCCN(CC2(CN(C)C)C=NN=N2)C1c1ccc(F)cc1)c1cc(C(F)(F)F)cc(C(F)(F)F)c1. The molecule has 0 aromatic heterocycles. The zero-order valence-electron chi connectivity index (χ0n) is 21.9. The fraction of sp³-hybridized carbons (Fsp3) is 0.500. The Balaban J connectivity index is 1.67. The molecule has 14 heteroatoms. The maximum absolute atomic E-state index is 13.8. The molecule has 7 nitrogen and oxygen atoms in total. The van der Waals surface area contributed by atoms with E-state index in [1.807, 2.05) is 23.9 Å². The van der Waals surface area contributed by atoms with Crippen LogP contribution in [0.3, 0.4) is 0 Å². The lowest BCUT2D eigenvalue weighted by Crippen LogP contribution is -2.54. The molecule has 0 bridgehead atoms. The van der Waals surface area contributed by atoms with Crippen molar-refractivity contribution in [3.8, 4) is 0 Å². The van der Waals surface area contributed by atoms with Gasteiger partial charge in [0.05, 0.1) is 36.1 Å². The van der Waals surface area contributed by atoms with Crippen LogP contribution >= 0.6 is 0 Å². The van der Waals surface area contributed by atoms with Crippen LogP contribution in [0.5, 0.6) is 0 Å². The lowest BCUT2D eigenvalue weighted by Gasteiger charge is -2.44. The maximum Gasteiger partial charge on any atom is 0.416 e. The van der Waals surface area contributed by atoms with Gasteiger partial charge < -0.3 is 14.4 Å². The Morgan fingerprint density at radius 1 is 1.05 bits per heavy atom. The monoisotopic (exact) mass is 575 g/mol. The van der Waals surface area contributed by atoms with Crippen LogP contribution in [0.25, 0.3) is 0 Å². The summed E-state index contributed by atoms with van der Waals surface area (Å²) in [4.78, 5) is 3.87. The first-order chi connectivity index (χ1) is 18.7. The largest absolute Gasteiger partial charge is 0.416 e. The van der Waals surface area contributed by atoms with Crippen molar-refractivity contribution in [3.05, 3.63) is 70.5 Å². The maximum atomic E-state index is 13.8. The molecule has 218 valence electrons. The van der Waals surface area contributed by atoms with E-state index in [4.69, 9.17) is 9.47 Å². The Labute approximate surface area is 226 Å². The Hall–Kier alpha value is -2.94. The van der Waals surface area contributed by atoms with E-state index in [1.165, 1.54) is 31.2 Å². The number of ether oxygens (including phenoxy) is 2. The van der Waals surface area contributed by atoms with E-state index in [-0.39, 0.29) is 18.2 Å². The molecule has 4 atom stereocenters. The van der Waals surface area contributed by atoms with Gasteiger partial charge in [-0.25, -0.2) is 4.39 Å². The van der Waals surface area contributed by atoms with E-state index in [0.29, 0.717) is 37.3 Å². The minimum absolute atomic E-state index is 0.0677. The molecule has 2 aliphatic heterocycles. The normalized spacial score (nSPS) is 24.7. The third-order valence-electron chi connectivity index (χ3n) is 6.60. The summed E-state index contributed by atoms with van der Waals surface area (Å²) in [5, 5.41) is 12.0. The van der Waals surface area contributed by atoms with Crippen molar-refractivity contribution in [2.75, 3.05) is 40.3 Å². The Morgan fingerprint density at radius 3 is 2.20 bits per heavy atom. The number of morpholine rings is 1. The number of hydrogen-bond acceptors (Lipinski definition) is 7. The van der Waals surface area contributed by atoms with Crippen molar-refractivity contribution < 1.29 is 40.2 Å². The molecule has 0 aliphatic carbocycles. The Morgan fingerprint density at radius 2 is 1.68 bits per heavy atom. The molecule has 2 heterocycles. The van der Waals surface area contributed by atoms with Crippen LogP contribution in [0.1, 0.15) is 41.3 Å². The second-order valence-electron chi connectivity index (χ2n) is 10.1. The van der Waals surface area contributed by atoms with Gasteiger partial charge in [0.1, 0.15) is 11.4 Å². The van der Waals surface area contributed by atoms with Crippen LogP contribution in [0.15, 0.2) is 57.9 Å². The van der Waals surface area contributed by atoms with Crippen molar-refractivity contribution in [1.29, 1.82) is 0 Å². The molecule has 0 radical (unpaired) electrons. The molecule has 1 fully saturated rings. The van der Waals surface area contributed by atoms with Gasteiger partial charge >= 0.3 is 12.4 Å². The van der Waals surface area contributed by atoms with Crippen molar-refractivity contribution in [1.82, 2.24) is 9.80 Å². The van der Waals surface area contributed by atoms with Crippen LogP contribution < -0.4 is 0 Å². The summed E-state index contributed by atoms with van der Waals surface area (Å²) in [6, 6.07) is 6.18. The average molecular weight is 576 g/mol. The molecular weight excluding hydrogens is 547 g/mol. The molecule has 1 saturated heterocycles. The number of hydrogen-bond donors (Lipinski definition) is 0. The van der Waals surface area contributed by atoms with Crippen molar-refractivity contribution in [2.24, 2.45) is 15.4 Å². The highest BCUT2D eigenvalue weighted by atomic mass is 19.4. The lowest BCUT2D eigenvalue weighted by atomic mass is 9.96. The van der Waals surface area contributed by atoms with Gasteiger partial charge in [0.2, 0.25) is 0 Å². The molecule has 0 spiro atoms. The van der Waals surface area contributed by atoms with Gasteiger partial charge in [0.15, 0.2) is 6.29 Å². The highest BCUT2D eigenvalue weighted by Gasteiger charge is 2.43. The lowest BCUT2D eigenvalue weighted by molar-refractivity contribution is -0.230. The molecule has 3 unspecified atom stereocenters. The second-order valence-corrected chi connectivity index (χ2v) is 10.1. The van der Waals surface area contributed by atoms with Crippen molar-refractivity contribution in [3.63, 3.8) is 0 Å². The smallest absolute Gasteiger partial charge is 0.349 e. The van der Waals surface area contributed by atoms with Crippen LogP contribution in [0.4, 0.5) is 30.7 Å². The molecule has 40 heavy (non-hydrogen) atoms. The molecule has 2 aromatic rings. The van der Waals surface area contributed by atoms with E-state index >= 15 is 0 Å². The molecule has 0 N–H and O–H groups in total. The predicted molar refractivity (Wildman–Crippen MR) is 131 cm³/mol. The third kappa shape index (κ3) is 7.03. The molecular formula is C26H28F7N5O2. The van der Waals surface area contributed by atoms with Crippen molar-refractivity contribution >= 4 is 6.21 Å². The van der Waals surface area contributed by atoms with Gasteiger partial charge in [0, 0.05) is 19.6 Å². The van der Waals surface area contributed by atoms with E-state index in [0.717, 1.165) is 0 Å².